The Bertz CT molecular complexity index is 607. The summed E-state index contributed by atoms with van der Waals surface area (Å²) in [5, 5.41) is 16.8. The number of nitriles is 1. The van der Waals surface area contributed by atoms with Crippen LogP contribution >= 0.6 is 0 Å². The lowest BCUT2D eigenvalue weighted by molar-refractivity contribution is 0.543. The summed E-state index contributed by atoms with van der Waals surface area (Å²) < 4.78 is 1.83. The largest absolute Gasteiger partial charge is 0.316 e. The number of rotatable bonds is 7. The summed E-state index contributed by atoms with van der Waals surface area (Å²) >= 11 is 0. The minimum absolute atomic E-state index is 0.655. The van der Waals surface area contributed by atoms with E-state index in [4.69, 9.17) is 5.26 Å². The molecule has 21 heavy (non-hydrogen) atoms. The highest BCUT2D eigenvalue weighted by atomic mass is 15.3. The zero-order valence-corrected chi connectivity index (χ0v) is 12.7. The van der Waals surface area contributed by atoms with Gasteiger partial charge in [-0.3, -0.25) is 0 Å². The van der Waals surface area contributed by atoms with E-state index in [1.54, 1.807) is 6.07 Å². The Balaban J connectivity index is 1.88. The first kappa shape index (κ1) is 15.3. The molecule has 0 radical (unpaired) electrons. The smallest absolute Gasteiger partial charge is 0.0992 e. The van der Waals surface area contributed by atoms with Crippen LogP contribution in [0.3, 0.4) is 0 Å². The predicted molar refractivity (Wildman–Crippen MR) is 84.3 cm³/mol. The Kier molecular flexibility index (Phi) is 5.53. The maximum atomic E-state index is 8.93. The predicted octanol–water partition coefficient (Wildman–Crippen LogP) is 2.92. The number of aryl methyl sites for hydroxylation is 1. The van der Waals surface area contributed by atoms with Gasteiger partial charge >= 0.3 is 0 Å². The number of hydrogen-bond donors (Lipinski definition) is 1. The van der Waals surface area contributed by atoms with Crippen molar-refractivity contribution in [1.29, 1.82) is 5.26 Å². The van der Waals surface area contributed by atoms with Gasteiger partial charge in [-0.25, -0.2) is 4.68 Å². The molecule has 0 aliphatic rings. The van der Waals surface area contributed by atoms with Gasteiger partial charge < -0.3 is 5.32 Å². The van der Waals surface area contributed by atoms with Crippen molar-refractivity contribution >= 4 is 0 Å². The lowest BCUT2D eigenvalue weighted by atomic mass is 10.2. The molecule has 0 saturated heterocycles. The highest BCUT2D eigenvalue weighted by Gasteiger charge is 2.02. The van der Waals surface area contributed by atoms with E-state index in [9.17, 15) is 0 Å². The van der Waals surface area contributed by atoms with Crippen molar-refractivity contribution in [2.45, 2.75) is 26.7 Å². The average molecular weight is 282 g/mol. The molecule has 4 heteroatoms. The molecule has 1 heterocycles. The van der Waals surface area contributed by atoms with E-state index in [1.165, 1.54) is 5.56 Å². The number of hydrogen-bond acceptors (Lipinski definition) is 3. The van der Waals surface area contributed by atoms with Gasteiger partial charge in [-0.15, -0.1) is 0 Å². The molecule has 0 fully saturated rings. The van der Waals surface area contributed by atoms with Gasteiger partial charge in [0.15, 0.2) is 0 Å². The average Bonchev–Trinajstić information content (AvgIpc) is 2.95. The van der Waals surface area contributed by atoms with Crippen molar-refractivity contribution < 1.29 is 0 Å². The molecule has 0 atom stereocenters. The summed E-state index contributed by atoms with van der Waals surface area (Å²) in [5.41, 5.74) is 2.81. The van der Waals surface area contributed by atoms with E-state index < -0.39 is 0 Å². The molecule has 1 aromatic heterocycles. The fourth-order valence-electron chi connectivity index (χ4n) is 2.16. The second-order valence-electron chi connectivity index (χ2n) is 5.66. The number of nitrogens with zero attached hydrogens (tertiary/aromatic N) is 3. The second kappa shape index (κ2) is 7.61. The Morgan fingerprint density at radius 1 is 1.38 bits per heavy atom. The van der Waals surface area contributed by atoms with Crippen LogP contribution in [-0.4, -0.2) is 22.9 Å². The van der Waals surface area contributed by atoms with E-state index in [-0.39, 0.29) is 0 Å². The lowest BCUT2D eigenvalue weighted by Gasteiger charge is -2.06. The minimum atomic E-state index is 0.655. The zero-order chi connectivity index (χ0) is 15.1. The maximum Gasteiger partial charge on any atom is 0.0992 e. The van der Waals surface area contributed by atoms with Crippen LogP contribution in [0.15, 0.2) is 36.7 Å². The summed E-state index contributed by atoms with van der Waals surface area (Å²) in [6.45, 7) is 6.53. The topological polar surface area (TPSA) is 53.6 Å². The lowest BCUT2D eigenvalue weighted by Crippen LogP contribution is -2.20. The fraction of sp³-hybridized carbons (Fsp3) is 0.412. The third-order valence-corrected chi connectivity index (χ3v) is 3.25. The zero-order valence-electron chi connectivity index (χ0n) is 12.7. The molecule has 2 aromatic rings. The van der Waals surface area contributed by atoms with Gasteiger partial charge in [0, 0.05) is 6.20 Å². The third kappa shape index (κ3) is 4.73. The van der Waals surface area contributed by atoms with Crippen molar-refractivity contribution in [1.82, 2.24) is 15.1 Å². The van der Waals surface area contributed by atoms with Crippen LogP contribution in [0.25, 0.3) is 5.69 Å². The van der Waals surface area contributed by atoms with Gasteiger partial charge in [-0.05, 0) is 55.6 Å². The van der Waals surface area contributed by atoms with Crippen LogP contribution in [0, 0.1) is 17.2 Å². The molecule has 0 spiro atoms. The molecule has 0 amide bonds. The van der Waals surface area contributed by atoms with E-state index in [0.29, 0.717) is 11.5 Å². The molecule has 110 valence electrons. The molecular formula is C17H22N4. The first-order valence-corrected chi connectivity index (χ1v) is 7.44. The number of benzene rings is 1. The first-order chi connectivity index (χ1) is 10.2. The monoisotopic (exact) mass is 282 g/mol. The van der Waals surface area contributed by atoms with E-state index >= 15 is 0 Å². The molecule has 0 aliphatic carbocycles. The van der Waals surface area contributed by atoms with Crippen LogP contribution in [0.5, 0.6) is 0 Å². The summed E-state index contributed by atoms with van der Waals surface area (Å²) in [4.78, 5) is 0. The molecular weight excluding hydrogens is 260 g/mol. The normalized spacial score (nSPS) is 10.8. The van der Waals surface area contributed by atoms with Crippen molar-refractivity contribution in [3.8, 4) is 11.8 Å². The minimum Gasteiger partial charge on any atom is -0.316 e. The Morgan fingerprint density at radius 3 is 3.00 bits per heavy atom. The summed E-state index contributed by atoms with van der Waals surface area (Å²) in [6, 6.07) is 9.64. The van der Waals surface area contributed by atoms with Crippen molar-refractivity contribution in [3.05, 3.63) is 47.8 Å². The Morgan fingerprint density at radius 2 is 2.24 bits per heavy atom. The standard InChI is InChI=1S/C17H22N4/c1-14(2)11-19-8-4-6-16-12-20-21(13-16)17-7-3-5-15(9-17)10-18/h3,5,7,9,12-14,19H,4,6,8,11H2,1-2H3. The quantitative estimate of drug-likeness (QED) is 0.794. The van der Waals surface area contributed by atoms with Gasteiger partial charge in [0.25, 0.3) is 0 Å². The highest BCUT2D eigenvalue weighted by Crippen LogP contribution is 2.11. The fourth-order valence-corrected chi connectivity index (χ4v) is 2.16. The van der Waals surface area contributed by atoms with E-state index in [0.717, 1.165) is 31.6 Å². The van der Waals surface area contributed by atoms with E-state index in [1.807, 2.05) is 35.3 Å². The van der Waals surface area contributed by atoms with Crippen molar-refractivity contribution in [3.63, 3.8) is 0 Å². The molecule has 0 saturated carbocycles. The van der Waals surface area contributed by atoms with E-state index in [2.05, 4.69) is 30.3 Å². The SMILES string of the molecule is CC(C)CNCCCc1cnn(-c2cccc(C#N)c2)c1. The van der Waals surface area contributed by atoms with Crippen molar-refractivity contribution in [2.24, 2.45) is 5.92 Å². The van der Waals surface area contributed by atoms with Gasteiger partial charge in [-0.1, -0.05) is 19.9 Å². The number of nitrogens with one attached hydrogen (secondary N) is 1. The van der Waals surface area contributed by atoms with Gasteiger partial charge in [0.2, 0.25) is 0 Å². The van der Waals surface area contributed by atoms with Crippen LogP contribution in [0.1, 0.15) is 31.4 Å². The van der Waals surface area contributed by atoms with Gasteiger partial charge in [0.1, 0.15) is 0 Å². The Labute approximate surface area is 126 Å². The molecule has 1 N–H and O–H groups in total. The molecule has 4 nitrogen and oxygen atoms in total. The molecule has 0 bridgehead atoms. The van der Waals surface area contributed by atoms with Crippen LogP contribution in [-0.2, 0) is 6.42 Å². The summed E-state index contributed by atoms with van der Waals surface area (Å²) in [6.07, 6.45) is 6.07. The third-order valence-electron chi connectivity index (χ3n) is 3.25. The van der Waals surface area contributed by atoms with Gasteiger partial charge in [-0.2, -0.15) is 10.4 Å². The molecule has 0 aliphatic heterocycles. The molecule has 1 aromatic carbocycles. The second-order valence-corrected chi connectivity index (χ2v) is 5.66. The van der Waals surface area contributed by atoms with Crippen LogP contribution in [0.2, 0.25) is 0 Å². The van der Waals surface area contributed by atoms with Crippen molar-refractivity contribution in [2.75, 3.05) is 13.1 Å². The summed E-state index contributed by atoms with van der Waals surface area (Å²) in [7, 11) is 0. The molecule has 2 rings (SSSR count). The van der Waals surface area contributed by atoms with Crippen LogP contribution in [0.4, 0.5) is 0 Å². The Hall–Kier alpha value is -2.12. The number of aromatic nitrogens is 2. The van der Waals surface area contributed by atoms with Gasteiger partial charge in [0.05, 0.1) is 23.5 Å². The van der Waals surface area contributed by atoms with Crippen LogP contribution < -0.4 is 5.32 Å². The highest BCUT2D eigenvalue weighted by molar-refractivity contribution is 5.40. The summed E-state index contributed by atoms with van der Waals surface area (Å²) in [5.74, 6) is 0.695. The molecule has 0 unspecified atom stereocenters. The maximum absolute atomic E-state index is 8.93. The first-order valence-electron chi connectivity index (χ1n) is 7.44.